The molecule has 0 bridgehead atoms. The third kappa shape index (κ3) is 9.65. The highest BCUT2D eigenvalue weighted by molar-refractivity contribution is 5.94. The number of Topliss-reactive ketones (excluding diaryl/α,β-unsaturated/α-hetero) is 1. The second kappa shape index (κ2) is 21.1. The summed E-state index contributed by atoms with van der Waals surface area (Å²) < 4.78 is 38.7. The van der Waals surface area contributed by atoms with Gasteiger partial charge in [-0.3, -0.25) is 9.59 Å². The van der Waals surface area contributed by atoms with Gasteiger partial charge in [0.1, 0.15) is 66.7 Å². The number of aliphatic hydroxyl groups is 8. The van der Waals surface area contributed by atoms with Gasteiger partial charge in [-0.15, -0.1) is 5.10 Å². The van der Waals surface area contributed by atoms with Crippen molar-refractivity contribution in [2.75, 3.05) is 13.2 Å². The van der Waals surface area contributed by atoms with E-state index in [1.807, 2.05) is 18.3 Å². The lowest BCUT2D eigenvalue weighted by atomic mass is 9.33. The largest absolute Gasteiger partial charge is 0.394 e. The van der Waals surface area contributed by atoms with E-state index in [9.17, 15) is 50.4 Å². The van der Waals surface area contributed by atoms with E-state index >= 15 is 0 Å². The quantitative estimate of drug-likeness (QED) is 0.0836. The fourth-order valence-electron chi connectivity index (χ4n) is 16.5. The number of aromatic nitrogens is 3. The Balaban J connectivity index is 0.866. The molecular weight excluding hydrogens is 1010 g/mol. The molecule has 4 heterocycles. The number of nitrogens with one attached hydrogen (secondary N) is 1. The lowest BCUT2D eigenvalue weighted by Crippen LogP contribution is -2.66. The predicted molar refractivity (Wildman–Crippen MR) is 279 cm³/mol. The van der Waals surface area contributed by atoms with E-state index in [4.69, 9.17) is 28.4 Å². The molecule has 434 valence electrons. The summed E-state index contributed by atoms with van der Waals surface area (Å²) >= 11 is 0. The van der Waals surface area contributed by atoms with Crippen LogP contribution in [0.1, 0.15) is 143 Å². The topological polar surface area (TPSA) is 294 Å². The average Bonchev–Trinajstić information content (AvgIpc) is 3.14. The number of carbonyl (C=O) groups is 2. The van der Waals surface area contributed by atoms with Crippen molar-refractivity contribution in [3.8, 4) is 5.69 Å². The molecule has 4 saturated carbocycles. The molecule has 0 radical (unpaired) electrons. The Morgan fingerprint density at radius 2 is 1.44 bits per heavy atom. The average molecular weight is 1100 g/mol. The molecule has 3 saturated heterocycles. The smallest absolute Gasteiger partial charge is 0.227 e. The Bertz CT molecular complexity index is 2540. The number of nitrogens with zero attached hydrogens (tertiary/aromatic N) is 3. The minimum atomic E-state index is -1.76. The highest BCUT2D eigenvalue weighted by Crippen LogP contribution is 2.76. The summed E-state index contributed by atoms with van der Waals surface area (Å²) in [6.45, 7) is 19.0. The molecule has 78 heavy (non-hydrogen) atoms. The zero-order chi connectivity index (χ0) is 56.2. The minimum absolute atomic E-state index is 0.0101. The summed E-state index contributed by atoms with van der Waals surface area (Å²) in [5.74, 6) is 0.691. The van der Waals surface area contributed by atoms with Crippen LogP contribution in [0.3, 0.4) is 0 Å². The number of ketones is 1. The minimum Gasteiger partial charge on any atom is -0.394 e. The van der Waals surface area contributed by atoms with Crippen molar-refractivity contribution < 1.29 is 78.9 Å². The van der Waals surface area contributed by atoms with Gasteiger partial charge in [-0.2, -0.15) is 0 Å². The van der Waals surface area contributed by atoms with E-state index in [0.29, 0.717) is 23.6 Å². The standard InChI is InChI=1S/C58H86N4O16/c1-29(64)31-10-12-33(13-11-31)62-26-32(60-61-62)25-59-52(72)58-22-20-53(3,4)24-35(58)34-14-15-39-55(7)18-17-40(54(5,6)38(55)16-19-57(39,9)56(34,8)21-23-58)77-51-48(78-49-46(70)44(68)41(65)30(2)74-49)43(67)37(28-73-51)76-50-47(71)45(69)42(66)36(27-63)75-50/h10-14,26,30,35-51,63,65-71H,15-25,27-28H2,1-9H3,(H,59,72)/t30-,35-,36+,37-,38-,39+,40-,41-,42+,43-,44+,45-,46+,47+,48+,49-,50-,51-,55-,56+,57+,58-/m0/s1. The van der Waals surface area contributed by atoms with E-state index in [2.05, 4.69) is 70.2 Å². The molecule has 22 atom stereocenters. The Labute approximate surface area is 457 Å². The van der Waals surface area contributed by atoms with E-state index in [0.717, 1.165) is 63.5 Å². The van der Waals surface area contributed by atoms with Gasteiger partial charge in [0.2, 0.25) is 5.91 Å². The molecule has 0 spiro atoms. The number of benzene rings is 1. The molecule has 3 aliphatic heterocycles. The number of amides is 1. The van der Waals surface area contributed by atoms with Gasteiger partial charge in [0, 0.05) is 5.56 Å². The summed E-state index contributed by atoms with van der Waals surface area (Å²) in [6.07, 6.45) is -8.15. The number of ether oxygens (including phenoxy) is 6. The lowest BCUT2D eigenvalue weighted by Gasteiger charge is -2.71. The first-order valence-corrected chi connectivity index (χ1v) is 28.5. The zero-order valence-corrected chi connectivity index (χ0v) is 46.7. The van der Waals surface area contributed by atoms with Crippen LogP contribution in [0.5, 0.6) is 0 Å². The van der Waals surface area contributed by atoms with Crippen molar-refractivity contribution in [1.82, 2.24) is 20.3 Å². The fraction of sp³-hybridized carbons (Fsp3) is 0.793. The molecule has 5 aliphatic carbocycles. The van der Waals surface area contributed by atoms with Gasteiger partial charge < -0.3 is 74.6 Å². The number of aliphatic hydroxyl groups excluding tert-OH is 8. The highest BCUT2D eigenvalue weighted by Gasteiger charge is 2.70. The summed E-state index contributed by atoms with van der Waals surface area (Å²) in [4.78, 5) is 26.8. The predicted octanol–water partition coefficient (Wildman–Crippen LogP) is 3.39. The molecule has 20 heteroatoms. The van der Waals surface area contributed by atoms with Crippen molar-refractivity contribution in [1.29, 1.82) is 0 Å². The number of fused-ring (bicyclic) bond motifs is 7. The second-order valence-electron chi connectivity index (χ2n) is 26.6. The van der Waals surface area contributed by atoms with Crippen LogP contribution in [0.2, 0.25) is 0 Å². The number of hydrogen-bond acceptors (Lipinski definition) is 18. The van der Waals surface area contributed by atoms with Crippen molar-refractivity contribution in [2.45, 2.75) is 225 Å². The molecule has 10 rings (SSSR count). The summed E-state index contributed by atoms with van der Waals surface area (Å²) in [7, 11) is 0. The monoisotopic (exact) mass is 1090 g/mol. The molecule has 9 N–H and O–H groups in total. The first-order chi connectivity index (χ1) is 36.7. The van der Waals surface area contributed by atoms with Gasteiger partial charge in [0.25, 0.3) is 0 Å². The third-order valence-corrected chi connectivity index (χ3v) is 21.5. The number of allylic oxidation sites excluding steroid dienone is 2. The molecular formula is C58H86N4O16. The van der Waals surface area contributed by atoms with Crippen molar-refractivity contribution >= 4 is 11.7 Å². The van der Waals surface area contributed by atoms with E-state index in [1.165, 1.54) is 19.4 Å². The lowest BCUT2D eigenvalue weighted by molar-refractivity contribution is -0.380. The maximum atomic E-state index is 14.9. The maximum Gasteiger partial charge on any atom is 0.227 e. The molecule has 8 aliphatic rings. The van der Waals surface area contributed by atoms with Gasteiger partial charge >= 0.3 is 0 Å². The van der Waals surface area contributed by atoms with E-state index in [1.54, 1.807) is 16.8 Å². The molecule has 1 aromatic carbocycles. The first kappa shape index (κ1) is 57.9. The molecule has 1 amide bonds. The van der Waals surface area contributed by atoms with Gasteiger partial charge in [-0.25, -0.2) is 4.68 Å². The van der Waals surface area contributed by atoms with E-state index < -0.39 is 110 Å². The SMILES string of the molecule is CC(=O)c1ccc(-n2cc(CNC(=O)[C@]34CCC(C)(C)C[C@H]3C3=CC[C@@H]5[C@@]6(C)CC[C@H](O[C@@H]7OC[C@H](O[C@@H]8O[C@H](CO)[C@@H](O)[C@H](O)[C@H]8O)[C@H](O)[C@H]7O[C@@H]7O[C@@H](C)[C@H](O)[C@@H](O)[C@H]7O)C(C)(C)[C@@H]6CC[C@@]5(C)[C@]3(C)CC4)nn2)cc1. The van der Waals surface area contributed by atoms with Crippen LogP contribution in [0.25, 0.3) is 5.69 Å². The first-order valence-electron chi connectivity index (χ1n) is 28.5. The van der Waals surface area contributed by atoms with Crippen molar-refractivity contribution in [3.63, 3.8) is 0 Å². The summed E-state index contributed by atoms with van der Waals surface area (Å²) in [6, 6.07) is 7.21. The number of carbonyl (C=O) groups excluding carboxylic acids is 2. The van der Waals surface area contributed by atoms with Crippen LogP contribution in [-0.4, -0.2) is 173 Å². The molecule has 20 nitrogen and oxygen atoms in total. The molecule has 2 aromatic rings. The summed E-state index contributed by atoms with van der Waals surface area (Å²) in [5, 5.41) is 98.0. The normalized spacial score (nSPS) is 45.9. The van der Waals surface area contributed by atoms with Gasteiger partial charge in [-0.1, -0.05) is 65.3 Å². The molecule has 1 aromatic heterocycles. The molecule has 7 fully saturated rings. The van der Waals surface area contributed by atoms with Gasteiger partial charge in [0.15, 0.2) is 24.7 Å². The zero-order valence-electron chi connectivity index (χ0n) is 46.7. The van der Waals surface area contributed by atoms with Crippen LogP contribution in [-0.2, 0) is 39.8 Å². The van der Waals surface area contributed by atoms with Crippen molar-refractivity contribution in [3.05, 3.63) is 53.4 Å². The number of hydrogen-bond donors (Lipinski definition) is 9. The van der Waals surface area contributed by atoms with Gasteiger partial charge in [-0.05, 0) is 147 Å². The van der Waals surface area contributed by atoms with Crippen LogP contribution >= 0.6 is 0 Å². The Morgan fingerprint density at radius 1 is 0.756 bits per heavy atom. The highest BCUT2D eigenvalue weighted by atomic mass is 16.8. The van der Waals surface area contributed by atoms with Crippen LogP contribution in [0.15, 0.2) is 42.1 Å². The molecule has 0 unspecified atom stereocenters. The maximum absolute atomic E-state index is 14.9. The number of rotatable bonds is 12. The fourth-order valence-corrected chi connectivity index (χ4v) is 16.5. The van der Waals surface area contributed by atoms with Gasteiger partial charge in [0.05, 0.1) is 49.3 Å². The Hall–Kier alpha value is -3.32. The van der Waals surface area contributed by atoms with Crippen LogP contribution < -0.4 is 5.32 Å². The summed E-state index contributed by atoms with van der Waals surface area (Å²) in [5.41, 5.74) is 2.24. The second-order valence-corrected chi connectivity index (χ2v) is 26.6. The Morgan fingerprint density at radius 3 is 2.13 bits per heavy atom. The van der Waals surface area contributed by atoms with Crippen LogP contribution in [0.4, 0.5) is 0 Å². The Kier molecular flexibility index (Phi) is 15.7. The van der Waals surface area contributed by atoms with Crippen LogP contribution in [0, 0.1) is 50.2 Å². The van der Waals surface area contributed by atoms with Crippen molar-refractivity contribution in [2.24, 2.45) is 50.2 Å². The third-order valence-electron chi connectivity index (χ3n) is 21.5. The van der Waals surface area contributed by atoms with E-state index in [-0.39, 0.29) is 58.3 Å².